The van der Waals surface area contributed by atoms with Crippen molar-refractivity contribution >= 4 is 5.69 Å². The first kappa shape index (κ1) is 15.5. The minimum absolute atomic E-state index is 0.194. The van der Waals surface area contributed by atoms with Gasteiger partial charge in [0.05, 0.1) is 6.20 Å². The number of hydrogen-bond donors (Lipinski definition) is 1. The lowest BCUT2D eigenvalue weighted by molar-refractivity contribution is 0.626. The molecule has 0 aliphatic carbocycles. The number of hydrogen-bond acceptors (Lipinski definition) is 3. The molecule has 0 aliphatic rings. The first-order valence-corrected chi connectivity index (χ1v) is 7.23. The molecule has 0 fully saturated rings. The lowest BCUT2D eigenvalue weighted by Crippen LogP contribution is -2.23. The van der Waals surface area contributed by atoms with Gasteiger partial charge in [0.15, 0.2) is 0 Å². The summed E-state index contributed by atoms with van der Waals surface area (Å²) in [6.45, 7) is 4.80. The van der Waals surface area contributed by atoms with Crippen LogP contribution >= 0.6 is 0 Å². The van der Waals surface area contributed by atoms with Crippen LogP contribution in [0.15, 0.2) is 30.5 Å². The molecule has 2 rings (SSSR count). The van der Waals surface area contributed by atoms with Crippen LogP contribution in [0, 0.1) is 12.7 Å². The molecule has 1 aromatic carbocycles. The maximum absolute atomic E-state index is 12.9. The molecule has 2 aromatic rings. The third-order valence-electron chi connectivity index (χ3n) is 3.77. The highest BCUT2D eigenvalue weighted by Gasteiger charge is 2.03. The molecule has 0 unspecified atom stereocenters. The van der Waals surface area contributed by atoms with Crippen LogP contribution < -0.4 is 10.2 Å². The number of aryl methyl sites for hydroxylation is 1. The summed E-state index contributed by atoms with van der Waals surface area (Å²) in [4.78, 5) is 2.14. The second kappa shape index (κ2) is 7.22. The van der Waals surface area contributed by atoms with Crippen LogP contribution in [0.1, 0.15) is 17.7 Å². The summed E-state index contributed by atoms with van der Waals surface area (Å²) in [7, 11) is 3.98. The molecule has 114 valence electrons. The molecule has 0 saturated heterocycles. The SMILES string of the molecule is Cc1c(CNCCCN(C)c2ccc(F)cc2)cnn1C. The van der Waals surface area contributed by atoms with Gasteiger partial charge in [0.1, 0.15) is 5.82 Å². The summed E-state index contributed by atoms with van der Waals surface area (Å²) in [6.07, 6.45) is 2.94. The van der Waals surface area contributed by atoms with Crippen LogP contribution in [0.25, 0.3) is 0 Å². The highest BCUT2D eigenvalue weighted by Crippen LogP contribution is 2.13. The van der Waals surface area contributed by atoms with E-state index in [1.807, 2.05) is 37.1 Å². The zero-order valence-corrected chi connectivity index (χ0v) is 12.9. The molecule has 21 heavy (non-hydrogen) atoms. The minimum atomic E-state index is -0.194. The van der Waals surface area contributed by atoms with Crippen molar-refractivity contribution in [2.75, 3.05) is 25.0 Å². The predicted octanol–water partition coefficient (Wildman–Crippen LogP) is 2.48. The molecule has 0 spiro atoms. The summed E-state index contributed by atoms with van der Waals surface area (Å²) >= 11 is 0. The van der Waals surface area contributed by atoms with Gasteiger partial charge in [-0.2, -0.15) is 5.10 Å². The minimum Gasteiger partial charge on any atom is -0.375 e. The first-order valence-electron chi connectivity index (χ1n) is 7.23. The summed E-state index contributed by atoms with van der Waals surface area (Å²) in [5.41, 5.74) is 3.48. The lowest BCUT2D eigenvalue weighted by Gasteiger charge is -2.19. The van der Waals surface area contributed by atoms with Crippen molar-refractivity contribution in [3.8, 4) is 0 Å². The molecule has 1 heterocycles. The molecule has 0 radical (unpaired) electrons. The van der Waals surface area contributed by atoms with E-state index in [9.17, 15) is 4.39 Å². The van der Waals surface area contributed by atoms with Gasteiger partial charge in [-0.15, -0.1) is 0 Å². The molecule has 0 amide bonds. The fourth-order valence-electron chi connectivity index (χ4n) is 2.21. The van der Waals surface area contributed by atoms with E-state index in [1.165, 1.54) is 23.4 Å². The Hall–Kier alpha value is -1.88. The number of benzene rings is 1. The van der Waals surface area contributed by atoms with Crippen molar-refractivity contribution in [2.24, 2.45) is 7.05 Å². The molecule has 0 bridgehead atoms. The van der Waals surface area contributed by atoms with E-state index in [-0.39, 0.29) is 5.82 Å². The average Bonchev–Trinajstić information content (AvgIpc) is 2.79. The molecule has 0 atom stereocenters. The van der Waals surface area contributed by atoms with Crippen LogP contribution in [0.4, 0.5) is 10.1 Å². The first-order chi connectivity index (χ1) is 10.1. The smallest absolute Gasteiger partial charge is 0.123 e. The summed E-state index contributed by atoms with van der Waals surface area (Å²) in [5, 5.41) is 7.66. The summed E-state index contributed by atoms with van der Waals surface area (Å²) < 4.78 is 14.8. The fourth-order valence-corrected chi connectivity index (χ4v) is 2.21. The van der Waals surface area contributed by atoms with Gasteiger partial charge in [-0.25, -0.2) is 4.39 Å². The largest absolute Gasteiger partial charge is 0.375 e. The van der Waals surface area contributed by atoms with Crippen molar-refractivity contribution in [1.82, 2.24) is 15.1 Å². The Balaban J connectivity index is 1.67. The van der Waals surface area contributed by atoms with Crippen LogP contribution in [0.5, 0.6) is 0 Å². The number of aromatic nitrogens is 2. The number of halogens is 1. The summed E-state index contributed by atoms with van der Waals surface area (Å²) in [5.74, 6) is -0.194. The third kappa shape index (κ3) is 4.29. The number of anilines is 1. The van der Waals surface area contributed by atoms with E-state index in [4.69, 9.17) is 0 Å². The van der Waals surface area contributed by atoms with Crippen molar-refractivity contribution in [3.05, 3.63) is 47.5 Å². The monoisotopic (exact) mass is 290 g/mol. The zero-order chi connectivity index (χ0) is 15.2. The Morgan fingerprint density at radius 2 is 2.00 bits per heavy atom. The molecular weight excluding hydrogens is 267 g/mol. The van der Waals surface area contributed by atoms with Crippen molar-refractivity contribution in [2.45, 2.75) is 19.9 Å². The Morgan fingerprint density at radius 1 is 1.29 bits per heavy atom. The topological polar surface area (TPSA) is 33.1 Å². The molecule has 1 N–H and O–H groups in total. The number of nitrogens with zero attached hydrogens (tertiary/aromatic N) is 3. The third-order valence-corrected chi connectivity index (χ3v) is 3.77. The van der Waals surface area contributed by atoms with Crippen LogP contribution in [-0.4, -0.2) is 29.9 Å². The maximum atomic E-state index is 12.9. The Morgan fingerprint density at radius 3 is 2.62 bits per heavy atom. The van der Waals surface area contributed by atoms with Crippen LogP contribution in [-0.2, 0) is 13.6 Å². The quantitative estimate of drug-likeness (QED) is 0.795. The van der Waals surface area contributed by atoms with Crippen molar-refractivity contribution < 1.29 is 4.39 Å². The molecule has 5 heteroatoms. The number of rotatable bonds is 7. The molecule has 0 saturated carbocycles. The van der Waals surface area contributed by atoms with E-state index in [1.54, 1.807) is 0 Å². The van der Waals surface area contributed by atoms with Gasteiger partial charge >= 0.3 is 0 Å². The fraction of sp³-hybridized carbons (Fsp3) is 0.438. The average molecular weight is 290 g/mol. The van der Waals surface area contributed by atoms with Crippen LogP contribution in [0.3, 0.4) is 0 Å². The van der Waals surface area contributed by atoms with Crippen molar-refractivity contribution in [1.29, 1.82) is 0 Å². The maximum Gasteiger partial charge on any atom is 0.123 e. The predicted molar refractivity (Wildman–Crippen MR) is 83.9 cm³/mol. The van der Waals surface area contributed by atoms with E-state index >= 15 is 0 Å². The Kier molecular flexibility index (Phi) is 5.33. The lowest BCUT2D eigenvalue weighted by atomic mass is 10.2. The van der Waals surface area contributed by atoms with Gasteiger partial charge in [-0.1, -0.05) is 0 Å². The van der Waals surface area contributed by atoms with Gasteiger partial charge in [0.2, 0.25) is 0 Å². The van der Waals surface area contributed by atoms with Gasteiger partial charge in [-0.3, -0.25) is 4.68 Å². The molecule has 0 aliphatic heterocycles. The highest BCUT2D eigenvalue weighted by atomic mass is 19.1. The Bertz CT molecular complexity index is 562. The Labute approximate surface area is 125 Å². The normalized spacial score (nSPS) is 10.9. The van der Waals surface area contributed by atoms with Crippen molar-refractivity contribution in [3.63, 3.8) is 0 Å². The second-order valence-electron chi connectivity index (χ2n) is 5.31. The van der Waals surface area contributed by atoms with Gasteiger partial charge in [-0.05, 0) is 44.2 Å². The second-order valence-corrected chi connectivity index (χ2v) is 5.31. The number of nitrogens with one attached hydrogen (secondary N) is 1. The van der Waals surface area contributed by atoms with Crippen LogP contribution in [0.2, 0.25) is 0 Å². The van der Waals surface area contributed by atoms with Gasteiger partial charge in [0, 0.05) is 44.1 Å². The highest BCUT2D eigenvalue weighted by molar-refractivity contribution is 5.45. The molecular formula is C16H23FN4. The summed E-state index contributed by atoms with van der Waals surface area (Å²) in [6, 6.07) is 6.61. The molecule has 4 nitrogen and oxygen atoms in total. The van der Waals surface area contributed by atoms with Gasteiger partial charge in [0.25, 0.3) is 0 Å². The standard InChI is InChI=1S/C16H23FN4/c1-13-14(12-19-21(13)3)11-18-9-4-10-20(2)16-7-5-15(17)6-8-16/h5-8,12,18H,4,9-11H2,1-3H3. The van der Waals surface area contributed by atoms with Gasteiger partial charge < -0.3 is 10.2 Å². The van der Waals surface area contributed by atoms with E-state index < -0.39 is 0 Å². The van der Waals surface area contributed by atoms with E-state index in [2.05, 4.69) is 22.2 Å². The molecule has 1 aromatic heterocycles. The zero-order valence-electron chi connectivity index (χ0n) is 12.9. The van der Waals surface area contributed by atoms with E-state index in [0.29, 0.717) is 0 Å². The van der Waals surface area contributed by atoms with E-state index in [0.717, 1.165) is 31.7 Å².